The molecule has 118 valence electrons. The lowest BCUT2D eigenvalue weighted by atomic mass is 10.3. The van der Waals surface area contributed by atoms with Gasteiger partial charge in [0.15, 0.2) is 6.61 Å². The third-order valence-corrected chi connectivity index (χ3v) is 3.86. The highest BCUT2D eigenvalue weighted by atomic mass is 32.1. The molecule has 1 amide bonds. The number of carbonyl (C=O) groups is 1. The fourth-order valence-electron chi connectivity index (χ4n) is 2.03. The van der Waals surface area contributed by atoms with Crippen LogP contribution in [0.3, 0.4) is 0 Å². The van der Waals surface area contributed by atoms with Gasteiger partial charge in [0, 0.05) is 38.1 Å². The Morgan fingerprint density at radius 2 is 2.05 bits per heavy atom. The predicted molar refractivity (Wildman–Crippen MR) is 71.1 cm³/mol. The van der Waals surface area contributed by atoms with Gasteiger partial charge in [0.25, 0.3) is 0 Å². The molecule has 2 heterocycles. The minimum atomic E-state index is -4.49. The molecule has 2 rings (SSSR count). The minimum Gasteiger partial charge on any atom is -0.440 e. The first-order chi connectivity index (χ1) is 9.83. The number of nitrogens with zero attached hydrogens (tertiary/aromatic N) is 3. The van der Waals surface area contributed by atoms with Crippen molar-refractivity contribution in [3.05, 3.63) is 16.1 Å². The number of hydrogen-bond acceptors (Lipinski definition) is 5. The molecule has 1 aliphatic rings. The average Bonchev–Trinajstić information content (AvgIpc) is 2.81. The Bertz CT molecular complexity index is 484. The van der Waals surface area contributed by atoms with Crippen LogP contribution in [0.4, 0.5) is 18.0 Å². The maximum atomic E-state index is 12.0. The monoisotopic (exact) mass is 323 g/mol. The van der Waals surface area contributed by atoms with Crippen molar-refractivity contribution in [1.29, 1.82) is 0 Å². The number of thiazole rings is 1. The summed E-state index contributed by atoms with van der Waals surface area (Å²) in [5.41, 5.74) is 0.977. The second-order valence-electron chi connectivity index (χ2n) is 4.79. The predicted octanol–water partition coefficient (Wildman–Crippen LogP) is 2.27. The molecule has 0 radical (unpaired) electrons. The highest BCUT2D eigenvalue weighted by Gasteiger charge is 2.31. The molecule has 1 fully saturated rings. The molecule has 5 nitrogen and oxygen atoms in total. The summed E-state index contributed by atoms with van der Waals surface area (Å²) >= 11 is 1.58. The number of amides is 1. The molecular weight excluding hydrogens is 307 g/mol. The topological polar surface area (TPSA) is 45.7 Å². The normalized spacial score (nSPS) is 17.0. The molecule has 0 aliphatic carbocycles. The summed E-state index contributed by atoms with van der Waals surface area (Å²) in [6.07, 6.45) is -5.39. The van der Waals surface area contributed by atoms with Gasteiger partial charge in [0.1, 0.15) is 0 Å². The molecule has 1 aromatic heterocycles. The number of aryl methyl sites for hydroxylation is 1. The molecular formula is C12H16F3N3O2S. The second-order valence-corrected chi connectivity index (χ2v) is 5.85. The van der Waals surface area contributed by atoms with E-state index >= 15 is 0 Å². The Hall–Kier alpha value is -1.35. The average molecular weight is 323 g/mol. The van der Waals surface area contributed by atoms with Crippen LogP contribution in [0.5, 0.6) is 0 Å². The van der Waals surface area contributed by atoms with Crippen LogP contribution in [-0.4, -0.2) is 59.8 Å². The molecule has 9 heteroatoms. The van der Waals surface area contributed by atoms with Crippen LogP contribution in [-0.2, 0) is 11.3 Å². The number of hydrogen-bond donors (Lipinski definition) is 0. The van der Waals surface area contributed by atoms with Crippen LogP contribution in [0, 0.1) is 6.92 Å². The molecule has 0 spiro atoms. The van der Waals surface area contributed by atoms with Crippen LogP contribution in [0.25, 0.3) is 0 Å². The largest absolute Gasteiger partial charge is 0.440 e. The van der Waals surface area contributed by atoms with Crippen LogP contribution in [0.15, 0.2) is 5.38 Å². The summed E-state index contributed by atoms with van der Waals surface area (Å²) in [5.74, 6) is 0. The van der Waals surface area contributed by atoms with E-state index in [1.54, 1.807) is 11.3 Å². The number of alkyl halides is 3. The molecule has 0 bridgehead atoms. The van der Waals surface area contributed by atoms with Crippen LogP contribution >= 0.6 is 11.3 Å². The fraction of sp³-hybridized carbons (Fsp3) is 0.667. The summed E-state index contributed by atoms with van der Waals surface area (Å²) in [7, 11) is 0. The lowest BCUT2D eigenvalue weighted by Gasteiger charge is -2.33. The van der Waals surface area contributed by atoms with E-state index in [0.717, 1.165) is 10.7 Å². The lowest BCUT2D eigenvalue weighted by Crippen LogP contribution is -2.48. The van der Waals surface area contributed by atoms with E-state index in [2.05, 4.69) is 14.6 Å². The molecule has 0 saturated carbocycles. The number of carbonyl (C=O) groups excluding carboxylic acids is 1. The summed E-state index contributed by atoms with van der Waals surface area (Å²) in [6, 6.07) is 0. The molecule has 0 aromatic carbocycles. The fourth-order valence-corrected chi connectivity index (χ4v) is 2.64. The van der Waals surface area contributed by atoms with Crippen molar-refractivity contribution in [3.8, 4) is 0 Å². The number of rotatable bonds is 3. The van der Waals surface area contributed by atoms with Gasteiger partial charge in [0.2, 0.25) is 0 Å². The van der Waals surface area contributed by atoms with Crippen molar-refractivity contribution in [2.75, 3.05) is 32.8 Å². The Balaban J connectivity index is 1.74. The molecule has 0 unspecified atom stereocenters. The smallest absolute Gasteiger partial charge is 0.422 e. The van der Waals surface area contributed by atoms with Gasteiger partial charge in [-0.25, -0.2) is 9.78 Å². The molecule has 0 N–H and O–H groups in total. The third kappa shape index (κ3) is 5.16. The van der Waals surface area contributed by atoms with Gasteiger partial charge in [0.05, 0.1) is 10.7 Å². The molecule has 1 aliphatic heterocycles. The lowest BCUT2D eigenvalue weighted by molar-refractivity contribution is -0.162. The van der Waals surface area contributed by atoms with Crippen molar-refractivity contribution >= 4 is 17.4 Å². The summed E-state index contributed by atoms with van der Waals surface area (Å²) in [4.78, 5) is 19.3. The minimum absolute atomic E-state index is 0.361. The molecule has 1 aromatic rings. The van der Waals surface area contributed by atoms with Crippen LogP contribution in [0.2, 0.25) is 0 Å². The van der Waals surface area contributed by atoms with Gasteiger partial charge in [-0.1, -0.05) is 0 Å². The van der Waals surface area contributed by atoms with Gasteiger partial charge in [-0.05, 0) is 6.92 Å². The standard InChI is InChI=1S/C12H16F3N3O2S/c1-9-16-10(7-21-9)6-17-2-4-18(5-3-17)11(19)20-8-12(13,14)15/h7H,2-6,8H2,1H3. The van der Waals surface area contributed by atoms with E-state index in [9.17, 15) is 18.0 Å². The highest BCUT2D eigenvalue weighted by Crippen LogP contribution is 2.16. The van der Waals surface area contributed by atoms with Crippen molar-refractivity contribution in [1.82, 2.24) is 14.8 Å². The third-order valence-electron chi connectivity index (χ3n) is 3.04. The Morgan fingerprint density at radius 3 is 2.57 bits per heavy atom. The first-order valence-electron chi connectivity index (χ1n) is 6.45. The van der Waals surface area contributed by atoms with Crippen molar-refractivity contribution in [2.45, 2.75) is 19.6 Å². The zero-order valence-electron chi connectivity index (χ0n) is 11.5. The summed E-state index contributed by atoms with van der Waals surface area (Å²) < 4.78 is 40.2. The van der Waals surface area contributed by atoms with Crippen LogP contribution < -0.4 is 0 Å². The Kier molecular flexibility index (Phi) is 5.04. The van der Waals surface area contributed by atoms with E-state index < -0.39 is 18.9 Å². The van der Waals surface area contributed by atoms with Gasteiger partial charge >= 0.3 is 12.3 Å². The van der Waals surface area contributed by atoms with E-state index in [-0.39, 0.29) is 0 Å². The number of halogens is 3. The number of aromatic nitrogens is 1. The van der Waals surface area contributed by atoms with E-state index in [0.29, 0.717) is 32.7 Å². The number of piperazine rings is 1. The Morgan fingerprint density at radius 1 is 1.38 bits per heavy atom. The van der Waals surface area contributed by atoms with Gasteiger partial charge in [-0.2, -0.15) is 13.2 Å². The van der Waals surface area contributed by atoms with Crippen molar-refractivity contribution < 1.29 is 22.7 Å². The Labute approximate surface area is 124 Å². The van der Waals surface area contributed by atoms with Gasteiger partial charge < -0.3 is 9.64 Å². The molecule has 0 atom stereocenters. The SMILES string of the molecule is Cc1nc(CN2CCN(C(=O)OCC(F)(F)F)CC2)cs1. The van der Waals surface area contributed by atoms with Gasteiger partial charge in [-0.15, -0.1) is 11.3 Å². The first kappa shape index (κ1) is 16.0. The van der Waals surface area contributed by atoms with Crippen LogP contribution in [0.1, 0.15) is 10.7 Å². The highest BCUT2D eigenvalue weighted by molar-refractivity contribution is 7.09. The zero-order valence-corrected chi connectivity index (χ0v) is 12.3. The second kappa shape index (κ2) is 6.61. The zero-order chi connectivity index (χ0) is 15.5. The van der Waals surface area contributed by atoms with Crippen molar-refractivity contribution in [3.63, 3.8) is 0 Å². The van der Waals surface area contributed by atoms with E-state index in [4.69, 9.17) is 0 Å². The van der Waals surface area contributed by atoms with Gasteiger partial charge in [-0.3, -0.25) is 4.90 Å². The molecule has 21 heavy (non-hydrogen) atoms. The van der Waals surface area contributed by atoms with E-state index in [1.807, 2.05) is 12.3 Å². The summed E-state index contributed by atoms with van der Waals surface area (Å²) in [6.45, 7) is 3.00. The molecule has 1 saturated heterocycles. The first-order valence-corrected chi connectivity index (χ1v) is 7.33. The number of ether oxygens (including phenoxy) is 1. The summed E-state index contributed by atoms with van der Waals surface area (Å²) in [5, 5.41) is 2.98. The quantitative estimate of drug-likeness (QED) is 0.856. The van der Waals surface area contributed by atoms with Crippen molar-refractivity contribution in [2.24, 2.45) is 0 Å². The maximum absolute atomic E-state index is 12.0. The maximum Gasteiger partial charge on any atom is 0.422 e. The van der Waals surface area contributed by atoms with E-state index in [1.165, 1.54) is 4.90 Å².